The van der Waals surface area contributed by atoms with Gasteiger partial charge in [-0.25, -0.2) is 4.79 Å². The highest BCUT2D eigenvalue weighted by Gasteiger charge is 2.03. The number of hydrogen-bond acceptors (Lipinski definition) is 2. The Kier molecular flexibility index (Phi) is 2.84. The molecule has 4 nitrogen and oxygen atoms in total. The molecule has 13 heavy (non-hydrogen) atoms. The minimum Gasteiger partial charge on any atom is -0.478 e. The van der Waals surface area contributed by atoms with Gasteiger partial charge in [0, 0.05) is 18.8 Å². The summed E-state index contributed by atoms with van der Waals surface area (Å²) in [5, 5.41) is 8.65. The summed E-state index contributed by atoms with van der Waals surface area (Å²) in [6, 6.07) is 2.59. The standard InChI is InChI=1S/C9H11NO3/c1-2-5-10-6-7(9(12)13)3-4-8(10)11/h3-4,6H,2,5H2,1H3,(H,12,13). The molecule has 0 spiro atoms. The first kappa shape index (κ1) is 9.51. The third-order valence-corrected chi connectivity index (χ3v) is 1.69. The summed E-state index contributed by atoms with van der Waals surface area (Å²) in [4.78, 5) is 21.7. The van der Waals surface area contributed by atoms with E-state index in [0.29, 0.717) is 6.54 Å². The molecule has 0 saturated heterocycles. The van der Waals surface area contributed by atoms with Crippen molar-refractivity contribution in [1.29, 1.82) is 0 Å². The summed E-state index contributed by atoms with van der Waals surface area (Å²) in [7, 11) is 0. The molecule has 1 aromatic heterocycles. The second-order valence-electron chi connectivity index (χ2n) is 2.75. The number of rotatable bonds is 3. The molecule has 0 aliphatic heterocycles. The van der Waals surface area contributed by atoms with Gasteiger partial charge in [0.25, 0.3) is 5.56 Å². The van der Waals surface area contributed by atoms with E-state index in [1.807, 2.05) is 6.92 Å². The third kappa shape index (κ3) is 2.18. The molecule has 1 aromatic rings. The van der Waals surface area contributed by atoms with E-state index in [1.54, 1.807) is 0 Å². The van der Waals surface area contributed by atoms with Crippen LogP contribution in [-0.2, 0) is 6.54 Å². The Morgan fingerprint density at radius 2 is 2.23 bits per heavy atom. The second-order valence-corrected chi connectivity index (χ2v) is 2.75. The molecular formula is C9H11NO3. The molecule has 0 radical (unpaired) electrons. The smallest absolute Gasteiger partial charge is 0.337 e. The summed E-state index contributed by atoms with van der Waals surface area (Å²) < 4.78 is 1.41. The van der Waals surface area contributed by atoms with Crippen LogP contribution >= 0.6 is 0 Å². The Morgan fingerprint density at radius 3 is 2.77 bits per heavy atom. The van der Waals surface area contributed by atoms with Crippen molar-refractivity contribution in [1.82, 2.24) is 4.57 Å². The van der Waals surface area contributed by atoms with Gasteiger partial charge < -0.3 is 9.67 Å². The van der Waals surface area contributed by atoms with Gasteiger partial charge in [0.15, 0.2) is 0 Å². The zero-order valence-corrected chi connectivity index (χ0v) is 7.36. The predicted octanol–water partition coefficient (Wildman–Crippen LogP) is 0.956. The van der Waals surface area contributed by atoms with Gasteiger partial charge in [0.1, 0.15) is 0 Å². The maximum atomic E-state index is 11.2. The second kappa shape index (κ2) is 3.89. The molecule has 4 heteroatoms. The fourth-order valence-corrected chi connectivity index (χ4v) is 1.07. The van der Waals surface area contributed by atoms with Gasteiger partial charge in [-0.2, -0.15) is 0 Å². The van der Waals surface area contributed by atoms with Crippen LogP contribution in [0.3, 0.4) is 0 Å². The van der Waals surface area contributed by atoms with Crippen molar-refractivity contribution in [2.45, 2.75) is 19.9 Å². The first-order chi connectivity index (χ1) is 6.15. The SMILES string of the molecule is CCCn1cc(C(=O)O)ccc1=O. The van der Waals surface area contributed by atoms with Crippen LogP contribution < -0.4 is 5.56 Å². The van der Waals surface area contributed by atoms with Crippen LogP contribution in [0.2, 0.25) is 0 Å². The summed E-state index contributed by atoms with van der Waals surface area (Å²) in [5.74, 6) is -1.01. The van der Waals surface area contributed by atoms with Crippen LogP contribution in [0, 0.1) is 0 Å². The zero-order valence-electron chi connectivity index (χ0n) is 7.36. The van der Waals surface area contributed by atoms with Gasteiger partial charge in [-0.05, 0) is 12.5 Å². The average Bonchev–Trinajstić information content (AvgIpc) is 2.08. The van der Waals surface area contributed by atoms with Gasteiger partial charge in [0.2, 0.25) is 0 Å². The molecule has 0 fully saturated rings. The first-order valence-corrected chi connectivity index (χ1v) is 4.09. The summed E-state index contributed by atoms with van der Waals surface area (Å²) in [6.07, 6.45) is 2.18. The van der Waals surface area contributed by atoms with Crippen molar-refractivity contribution < 1.29 is 9.90 Å². The third-order valence-electron chi connectivity index (χ3n) is 1.69. The quantitative estimate of drug-likeness (QED) is 0.755. The number of carboxylic acid groups (broad SMARTS) is 1. The van der Waals surface area contributed by atoms with E-state index >= 15 is 0 Å². The number of hydrogen-bond donors (Lipinski definition) is 1. The van der Waals surface area contributed by atoms with Gasteiger partial charge >= 0.3 is 5.97 Å². The molecule has 0 aliphatic carbocycles. The molecule has 70 valence electrons. The highest BCUT2D eigenvalue weighted by atomic mass is 16.4. The van der Waals surface area contributed by atoms with E-state index < -0.39 is 5.97 Å². The van der Waals surface area contributed by atoms with Gasteiger partial charge in [-0.3, -0.25) is 4.79 Å². The van der Waals surface area contributed by atoms with Gasteiger partial charge in [0.05, 0.1) is 5.56 Å². The number of pyridine rings is 1. The fraction of sp³-hybridized carbons (Fsp3) is 0.333. The van der Waals surface area contributed by atoms with E-state index in [0.717, 1.165) is 6.42 Å². The van der Waals surface area contributed by atoms with Crippen molar-refractivity contribution in [3.05, 3.63) is 34.2 Å². The molecule has 0 amide bonds. The summed E-state index contributed by atoms with van der Waals surface area (Å²) >= 11 is 0. The maximum absolute atomic E-state index is 11.2. The lowest BCUT2D eigenvalue weighted by Crippen LogP contribution is -2.19. The zero-order chi connectivity index (χ0) is 9.84. The predicted molar refractivity (Wildman–Crippen MR) is 48.0 cm³/mol. The van der Waals surface area contributed by atoms with Crippen LogP contribution in [0.4, 0.5) is 0 Å². The molecule has 1 heterocycles. The minimum absolute atomic E-state index is 0.146. The number of carboxylic acids is 1. The van der Waals surface area contributed by atoms with Crippen molar-refractivity contribution in [3.63, 3.8) is 0 Å². The Morgan fingerprint density at radius 1 is 1.54 bits per heavy atom. The lowest BCUT2D eigenvalue weighted by Gasteiger charge is -2.03. The molecule has 0 aromatic carbocycles. The number of nitrogens with zero attached hydrogens (tertiary/aromatic N) is 1. The van der Waals surface area contributed by atoms with E-state index in [4.69, 9.17) is 5.11 Å². The molecule has 0 atom stereocenters. The summed E-state index contributed by atoms with van der Waals surface area (Å²) in [5.41, 5.74) is -0.0140. The normalized spacial score (nSPS) is 9.92. The molecule has 0 aliphatic rings. The minimum atomic E-state index is -1.01. The van der Waals surface area contributed by atoms with E-state index in [1.165, 1.54) is 22.9 Å². The van der Waals surface area contributed by atoms with Crippen LogP contribution in [-0.4, -0.2) is 15.6 Å². The summed E-state index contributed by atoms with van der Waals surface area (Å²) in [6.45, 7) is 2.49. The Hall–Kier alpha value is -1.58. The number of carbonyl (C=O) groups is 1. The van der Waals surface area contributed by atoms with E-state index in [-0.39, 0.29) is 11.1 Å². The average molecular weight is 181 g/mol. The van der Waals surface area contributed by atoms with E-state index in [9.17, 15) is 9.59 Å². The van der Waals surface area contributed by atoms with Crippen molar-refractivity contribution >= 4 is 5.97 Å². The van der Waals surface area contributed by atoms with Crippen molar-refractivity contribution in [2.24, 2.45) is 0 Å². The van der Waals surface area contributed by atoms with E-state index in [2.05, 4.69) is 0 Å². The number of aromatic nitrogens is 1. The van der Waals surface area contributed by atoms with Crippen LogP contribution in [0.1, 0.15) is 23.7 Å². The largest absolute Gasteiger partial charge is 0.478 e. The Labute approximate surface area is 75.4 Å². The van der Waals surface area contributed by atoms with Crippen molar-refractivity contribution in [2.75, 3.05) is 0 Å². The fourth-order valence-electron chi connectivity index (χ4n) is 1.07. The first-order valence-electron chi connectivity index (χ1n) is 4.09. The lowest BCUT2D eigenvalue weighted by molar-refractivity contribution is 0.0696. The van der Waals surface area contributed by atoms with Crippen molar-refractivity contribution in [3.8, 4) is 0 Å². The number of aromatic carboxylic acids is 1. The Balaban J connectivity index is 3.11. The lowest BCUT2D eigenvalue weighted by atomic mass is 10.3. The topological polar surface area (TPSA) is 59.3 Å². The van der Waals surface area contributed by atoms with Crippen LogP contribution in [0.25, 0.3) is 0 Å². The molecule has 0 saturated carbocycles. The molecule has 1 rings (SSSR count). The van der Waals surface area contributed by atoms with Crippen LogP contribution in [0.5, 0.6) is 0 Å². The van der Waals surface area contributed by atoms with Gasteiger partial charge in [-0.1, -0.05) is 6.92 Å². The monoisotopic (exact) mass is 181 g/mol. The molecule has 0 bridgehead atoms. The maximum Gasteiger partial charge on any atom is 0.337 e. The Bertz CT molecular complexity index is 367. The number of aryl methyl sites for hydroxylation is 1. The van der Waals surface area contributed by atoms with Crippen LogP contribution in [0.15, 0.2) is 23.1 Å². The highest BCUT2D eigenvalue weighted by molar-refractivity contribution is 5.87. The highest BCUT2D eigenvalue weighted by Crippen LogP contribution is 1.96. The molecule has 0 unspecified atom stereocenters. The molecular weight excluding hydrogens is 170 g/mol. The molecule has 1 N–H and O–H groups in total. The van der Waals surface area contributed by atoms with Gasteiger partial charge in [-0.15, -0.1) is 0 Å².